The molecule has 0 saturated carbocycles. The second-order valence-electron chi connectivity index (χ2n) is 5.66. The predicted molar refractivity (Wildman–Crippen MR) is 85.7 cm³/mol. The van der Waals surface area contributed by atoms with Gasteiger partial charge in [-0.15, -0.1) is 11.3 Å². The molecule has 1 aliphatic rings. The number of aromatic amines is 1. The van der Waals surface area contributed by atoms with Gasteiger partial charge in [-0.2, -0.15) is 0 Å². The lowest BCUT2D eigenvalue weighted by Gasteiger charge is -2.27. The van der Waals surface area contributed by atoms with Gasteiger partial charge in [0, 0.05) is 42.2 Å². The number of rotatable bonds is 4. The van der Waals surface area contributed by atoms with E-state index >= 15 is 0 Å². The molecule has 1 aliphatic heterocycles. The minimum absolute atomic E-state index is 0.0514. The van der Waals surface area contributed by atoms with Gasteiger partial charge in [0.15, 0.2) is 0 Å². The average molecular weight is 303 g/mol. The fourth-order valence-corrected chi connectivity index (χ4v) is 3.75. The van der Waals surface area contributed by atoms with E-state index in [-0.39, 0.29) is 5.56 Å². The Labute approximate surface area is 128 Å². The minimum atomic E-state index is 0.0514. The Morgan fingerprint density at radius 3 is 3.00 bits per heavy atom. The molecule has 5 heteroatoms. The molecule has 3 rings (SSSR count). The Balaban J connectivity index is 1.77. The summed E-state index contributed by atoms with van der Waals surface area (Å²) in [7, 11) is 0. The molecule has 0 bridgehead atoms. The van der Waals surface area contributed by atoms with Crippen molar-refractivity contribution in [1.29, 1.82) is 0 Å². The number of aromatic nitrogens is 2. The first kappa shape index (κ1) is 14.5. The zero-order valence-electron chi connectivity index (χ0n) is 12.6. The van der Waals surface area contributed by atoms with Crippen molar-refractivity contribution < 1.29 is 0 Å². The molecule has 3 heterocycles. The van der Waals surface area contributed by atoms with E-state index in [0.717, 1.165) is 49.4 Å². The molecule has 1 N–H and O–H groups in total. The monoisotopic (exact) mass is 303 g/mol. The van der Waals surface area contributed by atoms with Gasteiger partial charge in [0.25, 0.3) is 5.56 Å². The van der Waals surface area contributed by atoms with Gasteiger partial charge < -0.3 is 4.98 Å². The van der Waals surface area contributed by atoms with Gasteiger partial charge in [0.1, 0.15) is 5.82 Å². The van der Waals surface area contributed by atoms with E-state index in [4.69, 9.17) is 0 Å². The third-order valence-corrected chi connectivity index (χ3v) is 4.84. The van der Waals surface area contributed by atoms with E-state index in [1.807, 2.05) is 11.3 Å². The molecular weight excluding hydrogens is 282 g/mol. The molecule has 2 aromatic heterocycles. The number of hydrogen-bond acceptors (Lipinski definition) is 4. The molecule has 0 saturated heterocycles. The summed E-state index contributed by atoms with van der Waals surface area (Å²) in [6, 6.07) is 4.34. The predicted octanol–water partition coefficient (Wildman–Crippen LogP) is 2.65. The number of hydrogen-bond donors (Lipinski definition) is 1. The van der Waals surface area contributed by atoms with Gasteiger partial charge in [-0.25, -0.2) is 4.98 Å². The minimum Gasteiger partial charge on any atom is -0.310 e. The highest BCUT2D eigenvalue weighted by Crippen LogP contribution is 2.21. The zero-order valence-corrected chi connectivity index (χ0v) is 13.4. The Kier molecular flexibility index (Phi) is 4.22. The van der Waals surface area contributed by atoms with Crippen LogP contribution in [0.3, 0.4) is 0 Å². The van der Waals surface area contributed by atoms with Crippen LogP contribution in [0.5, 0.6) is 0 Å². The first-order chi connectivity index (χ1) is 10.2. The van der Waals surface area contributed by atoms with Crippen molar-refractivity contribution in [3.8, 4) is 0 Å². The second kappa shape index (κ2) is 6.12. The molecule has 0 amide bonds. The van der Waals surface area contributed by atoms with Gasteiger partial charge in [-0.3, -0.25) is 9.69 Å². The summed E-state index contributed by atoms with van der Waals surface area (Å²) < 4.78 is 0. The van der Waals surface area contributed by atoms with Crippen LogP contribution in [0.4, 0.5) is 0 Å². The van der Waals surface area contributed by atoms with Crippen molar-refractivity contribution in [1.82, 2.24) is 14.9 Å². The Morgan fingerprint density at radius 1 is 1.43 bits per heavy atom. The molecule has 0 unspecified atom stereocenters. The maximum absolute atomic E-state index is 12.2. The van der Waals surface area contributed by atoms with Crippen molar-refractivity contribution in [3.05, 3.63) is 49.3 Å². The van der Waals surface area contributed by atoms with Crippen LogP contribution in [-0.2, 0) is 25.9 Å². The second-order valence-corrected chi connectivity index (χ2v) is 7.03. The van der Waals surface area contributed by atoms with Gasteiger partial charge in [-0.1, -0.05) is 6.92 Å². The van der Waals surface area contributed by atoms with Crippen LogP contribution < -0.4 is 5.56 Å². The molecule has 0 aromatic carbocycles. The van der Waals surface area contributed by atoms with E-state index in [0.29, 0.717) is 6.54 Å². The van der Waals surface area contributed by atoms with E-state index < -0.39 is 0 Å². The van der Waals surface area contributed by atoms with Crippen LogP contribution in [0.1, 0.15) is 40.2 Å². The molecular formula is C16H21N3OS. The van der Waals surface area contributed by atoms with E-state index in [2.05, 4.69) is 40.8 Å². The van der Waals surface area contributed by atoms with E-state index in [1.165, 1.54) is 9.75 Å². The van der Waals surface area contributed by atoms with E-state index in [1.54, 1.807) is 0 Å². The summed E-state index contributed by atoms with van der Waals surface area (Å²) in [5, 5.41) is 0. The van der Waals surface area contributed by atoms with Crippen LogP contribution in [-0.4, -0.2) is 21.4 Å². The number of nitrogens with one attached hydrogen (secondary N) is 1. The molecule has 4 nitrogen and oxygen atoms in total. The molecule has 112 valence electrons. The zero-order chi connectivity index (χ0) is 14.8. The highest BCUT2D eigenvalue weighted by molar-refractivity contribution is 7.11. The van der Waals surface area contributed by atoms with Crippen molar-refractivity contribution in [3.63, 3.8) is 0 Å². The number of thiophene rings is 1. The number of H-pyrrole nitrogens is 1. The van der Waals surface area contributed by atoms with Gasteiger partial charge in [0.05, 0.1) is 11.3 Å². The third kappa shape index (κ3) is 3.24. The topological polar surface area (TPSA) is 49.0 Å². The van der Waals surface area contributed by atoms with Gasteiger partial charge >= 0.3 is 0 Å². The highest BCUT2D eigenvalue weighted by atomic mass is 32.1. The normalized spacial score (nSPS) is 15.1. The number of fused-ring (bicyclic) bond motifs is 1. The SMILES string of the molecule is CCCc1nc2c(c(=O)[nH]1)CN(Cc1ccc(C)s1)CC2. The summed E-state index contributed by atoms with van der Waals surface area (Å²) >= 11 is 1.83. The largest absolute Gasteiger partial charge is 0.310 e. The summed E-state index contributed by atoms with van der Waals surface area (Å²) in [5.74, 6) is 0.837. The fraction of sp³-hybridized carbons (Fsp3) is 0.500. The lowest BCUT2D eigenvalue weighted by atomic mass is 10.1. The summed E-state index contributed by atoms with van der Waals surface area (Å²) in [6.07, 6.45) is 2.73. The Bertz CT molecular complexity index is 689. The molecule has 21 heavy (non-hydrogen) atoms. The van der Waals surface area contributed by atoms with Crippen molar-refractivity contribution >= 4 is 11.3 Å². The summed E-state index contributed by atoms with van der Waals surface area (Å²) in [4.78, 5) is 24.8. The molecule has 0 aliphatic carbocycles. The average Bonchev–Trinajstić information content (AvgIpc) is 2.85. The smallest absolute Gasteiger partial charge is 0.255 e. The van der Waals surface area contributed by atoms with Gasteiger partial charge in [-0.05, 0) is 25.5 Å². The maximum atomic E-state index is 12.2. The molecule has 0 spiro atoms. The highest BCUT2D eigenvalue weighted by Gasteiger charge is 2.21. The van der Waals surface area contributed by atoms with E-state index in [9.17, 15) is 4.79 Å². The van der Waals surface area contributed by atoms with Crippen LogP contribution >= 0.6 is 11.3 Å². The maximum Gasteiger partial charge on any atom is 0.255 e. The number of aryl methyl sites for hydroxylation is 2. The molecule has 2 aromatic rings. The summed E-state index contributed by atoms with van der Waals surface area (Å²) in [6.45, 7) is 6.84. The van der Waals surface area contributed by atoms with Gasteiger partial charge in [0.2, 0.25) is 0 Å². The molecule has 0 atom stereocenters. The van der Waals surface area contributed by atoms with Crippen LogP contribution in [0.2, 0.25) is 0 Å². The van der Waals surface area contributed by atoms with Crippen molar-refractivity contribution in [2.24, 2.45) is 0 Å². The molecule has 0 fully saturated rings. The third-order valence-electron chi connectivity index (χ3n) is 3.86. The molecule has 0 radical (unpaired) electrons. The van der Waals surface area contributed by atoms with Crippen molar-refractivity contribution in [2.45, 2.75) is 46.2 Å². The fourth-order valence-electron chi connectivity index (χ4n) is 2.81. The lowest BCUT2D eigenvalue weighted by molar-refractivity contribution is 0.243. The van der Waals surface area contributed by atoms with Crippen LogP contribution in [0.15, 0.2) is 16.9 Å². The quantitative estimate of drug-likeness (QED) is 0.944. The van der Waals surface area contributed by atoms with Crippen molar-refractivity contribution in [2.75, 3.05) is 6.54 Å². The lowest BCUT2D eigenvalue weighted by Crippen LogP contribution is -2.35. The standard InChI is InChI=1S/C16H21N3OS/c1-3-4-15-17-14-7-8-19(10-13(14)16(20)18-15)9-12-6-5-11(2)21-12/h5-6H,3-4,7-10H2,1-2H3,(H,17,18,20). The van der Waals surface area contributed by atoms with Crippen LogP contribution in [0.25, 0.3) is 0 Å². The number of nitrogens with zero attached hydrogens (tertiary/aromatic N) is 2. The first-order valence-electron chi connectivity index (χ1n) is 7.54. The van der Waals surface area contributed by atoms with Crippen LogP contribution in [0, 0.1) is 6.92 Å². The summed E-state index contributed by atoms with van der Waals surface area (Å²) in [5.41, 5.74) is 1.91. The Morgan fingerprint density at radius 2 is 2.29 bits per heavy atom. The Hall–Kier alpha value is -1.46. The first-order valence-corrected chi connectivity index (χ1v) is 8.36.